The third-order valence-corrected chi connectivity index (χ3v) is 5.80. The van der Waals surface area contributed by atoms with E-state index < -0.39 is 11.7 Å². The summed E-state index contributed by atoms with van der Waals surface area (Å²) in [6, 6.07) is 32.1. The quantitative estimate of drug-likeness (QED) is 0.274. The van der Waals surface area contributed by atoms with Gasteiger partial charge in [-0.15, -0.1) is 0 Å². The van der Waals surface area contributed by atoms with Crippen LogP contribution in [0.2, 0.25) is 0 Å². The van der Waals surface area contributed by atoms with Gasteiger partial charge in [-0.2, -0.15) is 5.01 Å². The lowest BCUT2D eigenvalue weighted by atomic mass is 10.0. The highest BCUT2D eigenvalue weighted by Crippen LogP contribution is 2.34. The molecule has 5 heteroatoms. The highest BCUT2D eigenvalue weighted by Gasteiger charge is 2.28. The SMILES string of the molecule is COc1ccc2cc(-c3cc4ccccc4n3N(C(=O)OC(C)(C)C)c3ccccc3)ccc2c1. The minimum atomic E-state index is -0.644. The summed E-state index contributed by atoms with van der Waals surface area (Å²) in [7, 11) is 1.67. The zero-order chi connectivity index (χ0) is 24.6. The lowest BCUT2D eigenvalue weighted by Crippen LogP contribution is -2.40. The molecular formula is C30H28N2O3. The van der Waals surface area contributed by atoms with Crippen LogP contribution in [0, 0.1) is 0 Å². The van der Waals surface area contributed by atoms with E-state index in [2.05, 4.69) is 30.3 Å². The Bertz CT molecular complexity index is 1510. The number of benzene rings is 4. The van der Waals surface area contributed by atoms with Crippen molar-refractivity contribution in [3.63, 3.8) is 0 Å². The van der Waals surface area contributed by atoms with E-state index in [4.69, 9.17) is 9.47 Å². The van der Waals surface area contributed by atoms with Gasteiger partial charge in [-0.25, -0.2) is 9.47 Å². The van der Waals surface area contributed by atoms with Crippen molar-refractivity contribution < 1.29 is 14.3 Å². The number of ether oxygens (including phenoxy) is 2. The predicted molar refractivity (Wildman–Crippen MR) is 142 cm³/mol. The molecule has 4 aromatic carbocycles. The van der Waals surface area contributed by atoms with Gasteiger partial charge in [-0.3, -0.25) is 0 Å². The van der Waals surface area contributed by atoms with E-state index in [1.54, 1.807) is 12.1 Å². The highest BCUT2D eigenvalue weighted by atomic mass is 16.6. The molecule has 0 aliphatic rings. The summed E-state index contributed by atoms with van der Waals surface area (Å²) in [6.07, 6.45) is -0.447. The normalized spacial score (nSPS) is 11.5. The van der Waals surface area contributed by atoms with Gasteiger partial charge in [0.05, 0.1) is 24.0 Å². The van der Waals surface area contributed by atoms with Crippen LogP contribution in [0.1, 0.15) is 20.8 Å². The second-order valence-corrected chi connectivity index (χ2v) is 9.46. The van der Waals surface area contributed by atoms with E-state index in [9.17, 15) is 4.79 Å². The number of hydrogen-bond acceptors (Lipinski definition) is 3. The highest BCUT2D eigenvalue weighted by molar-refractivity contribution is 5.96. The molecule has 1 amide bonds. The summed E-state index contributed by atoms with van der Waals surface area (Å²) >= 11 is 0. The average Bonchev–Trinajstić information content (AvgIpc) is 3.22. The number of nitrogens with zero attached hydrogens (tertiary/aromatic N) is 2. The predicted octanol–water partition coefficient (Wildman–Crippen LogP) is 7.67. The van der Waals surface area contributed by atoms with Gasteiger partial charge in [0.1, 0.15) is 11.4 Å². The summed E-state index contributed by atoms with van der Waals surface area (Å²) < 4.78 is 13.2. The van der Waals surface area contributed by atoms with Gasteiger partial charge in [0.25, 0.3) is 0 Å². The molecule has 0 atom stereocenters. The lowest BCUT2D eigenvalue weighted by Gasteiger charge is -2.30. The molecule has 5 rings (SSSR count). The Morgan fingerprint density at radius 1 is 0.771 bits per heavy atom. The third kappa shape index (κ3) is 4.45. The number of methoxy groups -OCH3 is 1. The van der Waals surface area contributed by atoms with E-state index in [1.165, 1.54) is 0 Å². The summed E-state index contributed by atoms with van der Waals surface area (Å²) in [5, 5.41) is 4.81. The molecular weight excluding hydrogens is 436 g/mol. The number of carbonyl (C=O) groups is 1. The zero-order valence-corrected chi connectivity index (χ0v) is 20.4. The number of para-hydroxylation sites is 2. The Balaban J connectivity index is 1.75. The summed E-state index contributed by atoms with van der Waals surface area (Å²) in [5.41, 5.74) is 2.86. The minimum absolute atomic E-state index is 0.447. The molecule has 0 saturated heterocycles. The second-order valence-electron chi connectivity index (χ2n) is 9.46. The molecule has 0 unspecified atom stereocenters. The Kier molecular flexibility index (Phi) is 5.69. The maximum atomic E-state index is 13.6. The van der Waals surface area contributed by atoms with Crippen LogP contribution in [0.15, 0.2) is 97.1 Å². The molecule has 0 radical (unpaired) electrons. The van der Waals surface area contributed by atoms with Gasteiger partial charge in [-0.05, 0) is 74.0 Å². The fourth-order valence-corrected chi connectivity index (χ4v) is 4.25. The molecule has 176 valence electrons. The van der Waals surface area contributed by atoms with Gasteiger partial charge in [0.2, 0.25) is 0 Å². The molecule has 0 aliphatic heterocycles. The summed E-state index contributed by atoms with van der Waals surface area (Å²) in [4.78, 5) is 13.6. The van der Waals surface area contributed by atoms with Crippen molar-refractivity contribution in [3.8, 4) is 17.0 Å². The molecule has 5 nitrogen and oxygen atoms in total. The Labute approximate surface area is 205 Å². The van der Waals surface area contributed by atoms with E-state index in [1.807, 2.05) is 92.2 Å². The number of aromatic nitrogens is 1. The number of anilines is 1. The van der Waals surface area contributed by atoms with Crippen molar-refractivity contribution >= 4 is 33.5 Å². The maximum Gasteiger partial charge on any atom is 0.434 e. The van der Waals surface area contributed by atoms with Gasteiger partial charge in [-0.1, -0.05) is 54.6 Å². The molecule has 0 fully saturated rings. The Hall–Kier alpha value is -4.25. The van der Waals surface area contributed by atoms with Gasteiger partial charge in [0, 0.05) is 10.9 Å². The Morgan fingerprint density at radius 2 is 1.46 bits per heavy atom. The summed E-state index contributed by atoms with van der Waals surface area (Å²) in [6.45, 7) is 5.63. The molecule has 5 aromatic rings. The topological polar surface area (TPSA) is 43.7 Å². The monoisotopic (exact) mass is 464 g/mol. The second kappa shape index (κ2) is 8.84. The number of amides is 1. The molecule has 1 heterocycles. The molecule has 0 aliphatic carbocycles. The third-order valence-electron chi connectivity index (χ3n) is 5.80. The van der Waals surface area contributed by atoms with Gasteiger partial charge >= 0.3 is 6.09 Å². The van der Waals surface area contributed by atoms with Crippen LogP contribution in [-0.2, 0) is 4.74 Å². The minimum Gasteiger partial charge on any atom is -0.497 e. The first-order valence-corrected chi connectivity index (χ1v) is 11.6. The van der Waals surface area contributed by atoms with Crippen LogP contribution in [0.25, 0.3) is 32.9 Å². The molecule has 0 N–H and O–H groups in total. The zero-order valence-electron chi connectivity index (χ0n) is 20.4. The van der Waals surface area contributed by atoms with Crippen LogP contribution in [0.5, 0.6) is 5.75 Å². The number of fused-ring (bicyclic) bond motifs is 2. The number of rotatable bonds is 4. The van der Waals surface area contributed by atoms with Gasteiger partial charge < -0.3 is 9.47 Å². The van der Waals surface area contributed by atoms with Crippen LogP contribution in [0.4, 0.5) is 10.5 Å². The molecule has 1 aromatic heterocycles. The molecule has 0 bridgehead atoms. The van der Waals surface area contributed by atoms with Crippen LogP contribution in [-0.4, -0.2) is 23.5 Å². The van der Waals surface area contributed by atoms with E-state index in [0.717, 1.165) is 44.4 Å². The lowest BCUT2D eigenvalue weighted by molar-refractivity contribution is 0.0567. The average molecular weight is 465 g/mol. The fourth-order valence-electron chi connectivity index (χ4n) is 4.25. The number of carbonyl (C=O) groups excluding carboxylic acids is 1. The molecule has 35 heavy (non-hydrogen) atoms. The van der Waals surface area contributed by atoms with Crippen LogP contribution >= 0.6 is 0 Å². The van der Waals surface area contributed by atoms with Crippen molar-refractivity contribution in [1.29, 1.82) is 0 Å². The number of hydrogen-bond donors (Lipinski definition) is 0. The smallest absolute Gasteiger partial charge is 0.434 e. The standard InChI is InChI=1S/C30H28N2O3/c1-30(2,3)35-29(33)31(25-11-6-5-7-12-25)32-27-13-9-8-10-23(27)20-28(32)24-15-14-22-19-26(34-4)17-16-21(22)18-24/h5-20H,1-4H3. The van der Waals surface area contributed by atoms with E-state index in [-0.39, 0.29) is 0 Å². The Morgan fingerprint density at radius 3 is 2.20 bits per heavy atom. The molecule has 0 spiro atoms. The van der Waals surface area contributed by atoms with Crippen molar-refractivity contribution in [1.82, 2.24) is 4.68 Å². The van der Waals surface area contributed by atoms with Crippen molar-refractivity contribution in [2.45, 2.75) is 26.4 Å². The largest absolute Gasteiger partial charge is 0.497 e. The summed E-state index contributed by atoms with van der Waals surface area (Å²) in [5.74, 6) is 0.819. The van der Waals surface area contributed by atoms with Crippen molar-refractivity contribution in [2.75, 3.05) is 12.1 Å². The van der Waals surface area contributed by atoms with Crippen LogP contribution < -0.4 is 9.75 Å². The fraction of sp³-hybridized carbons (Fsp3) is 0.167. The van der Waals surface area contributed by atoms with Crippen molar-refractivity contribution in [3.05, 3.63) is 97.1 Å². The molecule has 0 saturated carbocycles. The van der Waals surface area contributed by atoms with Crippen LogP contribution in [0.3, 0.4) is 0 Å². The van der Waals surface area contributed by atoms with E-state index in [0.29, 0.717) is 0 Å². The first-order valence-electron chi connectivity index (χ1n) is 11.6. The first-order chi connectivity index (χ1) is 16.8. The maximum absolute atomic E-state index is 13.6. The van der Waals surface area contributed by atoms with E-state index >= 15 is 0 Å². The van der Waals surface area contributed by atoms with Crippen molar-refractivity contribution in [2.24, 2.45) is 0 Å². The van der Waals surface area contributed by atoms with Gasteiger partial charge in [0.15, 0.2) is 0 Å². The first kappa shape index (κ1) is 22.5.